The Morgan fingerprint density at radius 2 is 2.22 bits per heavy atom. The van der Waals surface area contributed by atoms with Crippen LogP contribution in [0.1, 0.15) is 19.3 Å². The Kier molecular flexibility index (Phi) is 0.943. The molecule has 2 bridgehead atoms. The largest absolute Gasteiger partial charge is 0.387 e. The van der Waals surface area contributed by atoms with E-state index in [0.29, 0.717) is 17.5 Å². The number of fused-ring (bicyclic) bond motifs is 2. The van der Waals surface area contributed by atoms with Crippen molar-refractivity contribution in [3.05, 3.63) is 0 Å². The first-order valence-electron chi connectivity index (χ1n) is 3.55. The van der Waals surface area contributed by atoms with E-state index in [2.05, 4.69) is 0 Å². The van der Waals surface area contributed by atoms with Crippen LogP contribution in [0.4, 0.5) is 0 Å². The monoisotopic (exact) mass is 125 g/mol. The molecule has 2 aliphatic carbocycles. The van der Waals surface area contributed by atoms with Gasteiger partial charge in [0.2, 0.25) is 0 Å². The third-order valence-corrected chi connectivity index (χ3v) is 2.68. The standard InChI is InChI=1S/C7H11NO/c8-6-4-1-2-5(3-4)7(6)9/h4-5,7-9H,1-3H2. The van der Waals surface area contributed by atoms with Gasteiger partial charge in [-0.3, -0.25) is 0 Å². The summed E-state index contributed by atoms with van der Waals surface area (Å²) in [5.41, 5.74) is 0.603. The molecule has 2 rings (SSSR count). The van der Waals surface area contributed by atoms with Crippen LogP contribution in [0.3, 0.4) is 0 Å². The van der Waals surface area contributed by atoms with Crippen LogP contribution in [0.5, 0.6) is 0 Å². The highest BCUT2D eigenvalue weighted by Crippen LogP contribution is 2.41. The molecule has 0 heterocycles. The van der Waals surface area contributed by atoms with Crippen LogP contribution >= 0.6 is 0 Å². The molecule has 2 N–H and O–H groups in total. The van der Waals surface area contributed by atoms with E-state index in [1.54, 1.807) is 0 Å². The molecule has 0 aliphatic heterocycles. The van der Waals surface area contributed by atoms with E-state index in [0.717, 1.165) is 19.3 Å². The van der Waals surface area contributed by atoms with Crippen molar-refractivity contribution in [2.75, 3.05) is 0 Å². The molecule has 2 nitrogen and oxygen atoms in total. The van der Waals surface area contributed by atoms with Gasteiger partial charge < -0.3 is 10.5 Å². The lowest BCUT2D eigenvalue weighted by atomic mass is 9.96. The minimum absolute atomic E-state index is 0.372. The molecule has 0 aromatic heterocycles. The highest BCUT2D eigenvalue weighted by atomic mass is 16.3. The fraction of sp³-hybridized carbons (Fsp3) is 0.857. The van der Waals surface area contributed by atoms with Gasteiger partial charge in [-0.2, -0.15) is 0 Å². The minimum atomic E-state index is -0.372. The Bertz CT molecular complexity index is 151. The molecule has 0 saturated heterocycles. The molecule has 2 aliphatic rings. The first kappa shape index (κ1) is 5.42. The summed E-state index contributed by atoms with van der Waals surface area (Å²) in [5, 5.41) is 16.7. The minimum Gasteiger partial charge on any atom is -0.387 e. The number of nitrogens with one attached hydrogen (secondary N) is 1. The summed E-state index contributed by atoms with van der Waals surface area (Å²) in [4.78, 5) is 0. The quantitative estimate of drug-likeness (QED) is 0.494. The first-order chi connectivity index (χ1) is 4.29. The molecule has 2 fully saturated rings. The van der Waals surface area contributed by atoms with Crippen molar-refractivity contribution in [2.45, 2.75) is 25.4 Å². The van der Waals surface area contributed by atoms with E-state index in [4.69, 9.17) is 5.41 Å². The summed E-state index contributed by atoms with van der Waals surface area (Å²) in [6, 6.07) is 0. The van der Waals surface area contributed by atoms with E-state index in [9.17, 15) is 5.11 Å². The van der Waals surface area contributed by atoms with Crippen molar-refractivity contribution in [1.82, 2.24) is 0 Å². The van der Waals surface area contributed by atoms with Gasteiger partial charge in [-0.25, -0.2) is 0 Å². The van der Waals surface area contributed by atoms with Crippen LogP contribution in [-0.4, -0.2) is 16.9 Å². The molecule has 3 atom stereocenters. The summed E-state index contributed by atoms with van der Waals surface area (Å²) in [6.07, 6.45) is 3.01. The molecule has 0 radical (unpaired) electrons. The Hall–Kier alpha value is -0.370. The predicted octanol–water partition coefficient (Wildman–Crippen LogP) is 0.797. The van der Waals surface area contributed by atoms with Gasteiger partial charge in [0, 0.05) is 5.71 Å². The average Bonchev–Trinajstić information content (AvgIpc) is 2.37. The van der Waals surface area contributed by atoms with E-state index >= 15 is 0 Å². The Balaban J connectivity index is 2.25. The van der Waals surface area contributed by atoms with Crippen LogP contribution < -0.4 is 0 Å². The molecule has 50 valence electrons. The van der Waals surface area contributed by atoms with Crippen LogP contribution in [0.2, 0.25) is 0 Å². The van der Waals surface area contributed by atoms with Gasteiger partial charge in [0.25, 0.3) is 0 Å². The van der Waals surface area contributed by atoms with Gasteiger partial charge in [0.05, 0.1) is 6.10 Å². The Morgan fingerprint density at radius 1 is 1.44 bits per heavy atom. The van der Waals surface area contributed by atoms with Gasteiger partial charge in [0.1, 0.15) is 0 Å². The van der Waals surface area contributed by atoms with Gasteiger partial charge in [-0.05, 0) is 31.1 Å². The summed E-state index contributed by atoms with van der Waals surface area (Å²) in [5.74, 6) is 0.896. The molecule has 0 aromatic rings. The fourth-order valence-electron chi connectivity index (χ4n) is 2.08. The number of hydrogen-bond donors (Lipinski definition) is 2. The number of aliphatic hydroxyl groups excluding tert-OH is 1. The van der Waals surface area contributed by atoms with Crippen LogP contribution in [-0.2, 0) is 0 Å². The van der Waals surface area contributed by atoms with Gasteiger partial charge >= 0.3 is 0 Å². The molecule has 2 saturated carbocycles. The van der Waals surface area contributed by atoms with Crippen LogP contribution in [0.15, 0.2) is 0 Å². The first-order valence-corrected chi connectivity index (χ1v) is 3.55. The van der Waals surface area contributed by atoms with E-state index in [1.165, 1.54) is 0 Å². The summed E-state index contributed by atoms with van der Waals surface area (Å²) >= 11 is 0. The third-order valence-electron chi connectivity index (χ3n) is 2.68. The van der Waals surface area contributed by atoms with Crippen molar-refractivity contribution < 1.29 is 5.11 Å². The number of aliphatic hydroxyl groups is 1. The van der Waals surface area contributed by atoms with Gasteiger partial charge in [-0.1, -0.05) is 0 Å². The second-order valence-corrected chi connectivity index (χ2v) is 3.17. The zero-order valence-electron chi connectivity index (χ0n) is 5.30. The van der Waals surface area contributed by atoms with Crippen LogP contribution in [0.25, 0.3) is 0 Å². The SMILES string of the molecule is N=C1C2CCC(C2)C1O. The van der Waals surface area contributed by atoms with Crippen molar-refractivity contribution in [3.8, 4) is 0 Å². The molecule has 0 spiro atoms. The Labute approximate surface area is 54.4 Å². The normalized spacial score (nSPS) is 48.6. The predicted molar refractivity (Wildman–Crippen MR) is 34.6 cm³/mol. The van der Waals surface area contributed by atoms with Gasteiger partial charge in [0.15, 0.2) is 0 Å². The van der Waals surface area contributed by atoms with E-state index < -0.39 is 0 Å². The molecule has 0 aromatic carbocycles. The third kappa shape index (κ3) is 0.568. The maximum Gasteiger partial charge on any atom is 0.0944 e. The molecular weight excluding hydrogens is 114 g/mol. The topological polar surface area (TPSA) is 44.1 Å². The van der Waals surface area contributed by atoms with Crippen molar-refractivity contribution >= 4 is 5.71 Å². The van der Waals surface area contributed by atoms with Crippen molar-refractivity contribution in [3.63, 3.8) is 0 Å². The smallest absolute Gasteiger partial charge is 0.0944 e. The van der Waals surface area contributed by atoms with Gasteiger partial charge in [-0.15, -0.1) is 0 Å². The van der Waals surface area contributed by atoms with E-state index in [-0.39, 0.29) is 6.10 Å². The zero-order valence-corrected chi connectivity index (χ0v) is 5.30. The lowest BCUT2D eigenvalue weighted by Crippen LogP contribution is -2.26. The second-order valence-electron chi connectivity index (χ2n) is 3.17. The van der Waals surface area contributed by atoms with Crippen LogP contribution in [0, 0.1) is 17.2 Å². The summed E-state index contributed by atoms with van der Waals surface area (Å²) in [7, 11) is 0. The molecule has 9 heavy (non-hydrogen) atoms. The maximum atomic E-state index is 9.26. The number of rotatable bonds is 0. The zero-order chi connectivity index (χ0) is 6.43. The Morgan fingerprint density at radius 3 is 2.56 bits per heavy atom. The molecule has 0 amide bonds. The van der Waals surface area contributed by atoms with Crippen molar-refractivity contribution in [1.29, 1.82) is 5.41 Å². The van der Waals surface area contributed by atoms with E-state index in [1.807, 2.05) is 0 Å². The number of hydrogen-bond acceptors (Lipinski definition) is 2. The molecule has 2 heteroatoms. The average molecular weight is 125 g/mol. The second kappa shape index (κ2) is 1.57. The molecular formula is C7H11NO. The highest BCUT2D eigenvalue weighted by Gasteiger charge is 2.42. The highest BCUT2D eigenvalue weighted by molar-refractivity contribution is 5.91. The summed E-state index contributed by atoms with van der Waals surface area (Å²) in [6.45, 7) is 0. The maximum absolute atomic E-state index is 9.26. The lowest BCUT2D eigenvalue weighted by Gasteiger charge is -2.16. The molecule has 3 unspecified atom stereocenters. The fourth-order valence-corrected chi connectivity index (χ4v) is 2.08. The lowest BCUT2D eigenvalue weighted by molar-refractivity contribution is 0.180. The summed E-state index contributed by atoms with van der Waals surface area (Å²) < 4.78 is 0. The van der Waals surface area contributed by atoms with Crippen molar-refractivity contribution in [2.24, 2.45) is 11.8 Å².